The molecule has 1 heterocycles. The van der Waals surface area contributed by atoms with Gasteiger partial charge in [0.15, 0.2) is 0 Å². The molecule has 0 N–H and O–H groups in total. The van der Waals surface area contributed by atoms with Crippen LogP contribution >= 0.6 is 11.6 Å². The summed E-state index contributed by atoms with van der Waals surface area (Å²) < 4.78 is 5.77. The quantitative estimate of drug-likeness (QED) is 0.418. The second-order valence-electron chi connectivity index (χ2n) is 8.06. The summed E-state index contributed by atoms with van der Waals surface area (Å²) in [5.41, 5.74) is 1.79. The second kappa shape index (κ2) is 10.1. The van der Waals surface area contributed by atoms with Crippen LogP contribution in [0.1, 0.15) is 47.5 Å². The van der Waals surface area contributed by atoms with Crippen molar-refractivity contribution in [2.45, 2.75) is 31.6 Å². The molecule has 1 unspecified atom stereocenters. The van der Waals surface area contributed by atoms with E-state index in [4.69, 9.17) is 16.3 Å². The van der Waals surface area contributed by atoms with Crippen molar-refractivity contribution in [1.29, 1.82) is 0 Å². The molecular formula is C26H28ClNO2. The van der Waals surface area contributed by atoms with E-state index >= 15 is 0 Å². The van der Waals surface area contributed by atoms with Gasteiger partial charge in [0.2, 0.25) is 0 Å². The van der Waals surface area contributed by atoms with Crippen molar-refractivity contribution in [3.05, 3.63) is 82.9 Å². The lowest BCUT2D eigenvalue weighted by Crippen LogP contribution is -2.32. The maximum absolute atomic E-state index is 12.6. The van der Waals surface area contributed by atoms with E-state index in [1.165, 1.54) is 48.7 Å². The number of fused-ring (bicyclic) bond motifs is 1. The Balaban J connectivity index is 1.51. The minimum absolute atomic E-state index is 0.161. The Morgan fingerprint density at radius 2 is 1.67 bits per heavy atom. The molecule has 0 amide bonds. The minimum atomic E-state index is -0.296. The lowest BCUT2D eigenvalue weighted by atomic mass is 9.91. The van der Waals surface area contributed by atoms with Crippen LogP contribution in [0.3, 0.4) is 0 Å². The third-order valence-corrected chi connectivity index (χ3v) is 6.25. The van der Waals surface area contributed by atoms with Gasteiger partial charge in [0.05, 0.1) is 12.2 Å². The fourth-order valence-electron chi connectivity index (χ4n) is 4.30. The van der Waals surface area contributed by atoms with Gasteiger partial charge in [0.25, 0.3) is 0 Å². The summed E-state index contributed by atoms with van der Waals surface area (Å²) in [6, 6.07) is 21.7. The van der Waals surface area contributed by atoms with Gasteiger partial charge in [0.1, 0.15) is 0 Å². The molecule has 156 valence electrons. The molecule has 0 bridgehead atoms. The Labute approximate surface area is 183 Å². The van der Waals surface area contributed by atoms with Gasteiger partial charge < -0.3 is 9.64 Å². The predicted molar refractivity (Wildman–Crippen MR) is 123 cm³/mol. The Hall–Kier alpha value is -2.36. The van der Waals surface area contributed by atoms with Crippen LogP contribution in [0, 0.1) is 0 Å². The minimum Gasteiger partial charge on any atom is -0.461 e. The number of halogens is 1. The van der Waals surface area contributed by atoms with Crippen molar-refractivity contribution in [2.75, 3.05) is 26.2 Å². The van der Waals surface area contributed by atoms with Gasteiger partial charge in [-0.25, -0.2) is 4.79 Å². The van der Waals surface area contributed by atoms with Crippen molar-refractivity contribution < 1.29 is 9.53 Å². The fraction of sp³-hybridized carbons (Fsp3) is 0.346. The summed E-state index contributed by atoms with van der Waals surface area (Å²) in [5, 5.41) is 3.08. The molecule has 0 aromatic heterocycles. The van der Waals surface area contributed by atoms with Gasteiger partial charge in [0, 0.05) is 10.9 Å². The van der Waals surface area contributed by atoms with Gasteiger partial charge in [-0.1, -0.05) is 60.5 Å². The number of hydrogen-bond donors (Lipinski definition) is 0. The van der Waals surface area contributed by atoms with Crippen LogP contribution in [0.2, 0.25) is 5.02 Å². The van der Waals surface area contributed by atoms with Crippen LogP contribution < -0.4 is 0 Å². The largest absolute Gasteiger partial charge is 0.461 e. The van der Waals surface area contributed by atoms with Gasteiger partial charge in [-0.2, -0.15) is 0 Å². The molecule has 1 atom stereocenters. The second-order valence-corrected chi connectivity index (χ2v) is 8.50. The number of benzene rings is 3. The number of piperidine rings is 1. The molecule has 4 heteroatoms. The topological polar surface area (TPSA) is 29.5 Å². The summed E-state index contributed by atoms with van der Waals surface area (Å²) in [6.45, 7) is 3.76. The number of nitrogens with zero attached hydrogens (tertiary/aromatic N) is 1. The number of esters is 1. The molecule has 0 saturated carbocycles. The molecule has 4 rings (SSSR count). The number of ether oxygens (including phenoxy) is 1. The highest BCUT2D eigenvalue weighted by Gasteiger charge is 2.20. The summed E-state index contributed by atoms with van der Waals surface area (Å²) >= 11 is 5.94. The highest BCUT2D eigenvalue weighted by atomic mass is 35.5. The van der Waals surface area contributed by atoms with Gasteiger partial charge >= 0.3 is 5.97 Å². The zero-order chi connectivity index (χ0) is 20.8. The smallest absolute Gasteiger partial charge is 0.338 e. The number of carbonyl (C=O) groups is 1. The Morgan fingerprint density at radius 3 is 2.47 bits per heavy atom. The zero-order valence-corrected chi connectivity index (χ0v) is 18.0. The molecule has 1 aliphatic heterocycles. The third-order valence-electron chi connectivity index (χ3n) is 6.00. The summed E-state index contributed by atoms with van der Waals surface area (Å²) in [7, 11) is 0. The van der Waals surface area contributed by atoms with Crippen molar-refractivity contribution in [2.24, 2.45) is 0 Å². The molecule has 3 nitrogen and oxygen atoms in total. The summed E-state index contributed by atoms with van der Waals surface area (Å²) in [5.74, 6) is -0.135. The molecule has 0 aliphatic carbocycles. The van der Waals surface area contributed by atoms with Crippen LogP contribution in [-0.4, -0.2) is 37.1 Å². The van der Waals surface area contributed by atoms with Gasteiger partial charge in [-0.05, 0) is 79.5 Å². The number of rotatable bonds is 7. The fourth-order valence-corrected chi connectivity index (χ4v) is 4.43. The van der Waals surface area contributed by atoms with Gasteiger partial charge in [-0.3, -0.25) is 0 Å². The van der Waals surface area contributed by atoms with Gasteiger partial charge in [-0.15, -0.1) is 0 Å². The first kappa shape index (κ1) is 20.9. The first-order chi connectivity index (χ1) is 14.7. The summed E-state index contributed by atoms with van der Waals surface area (Å²) in [4.78, 5) is 15.1. The van der Waals surface area contributed by atoms with E-state index in [-0.39, 0.29) is 11.9 Å². The standard InChI is InChI=1S/C26H28ClNO2/c27-23-13-11-21(12-14-23)26(29)30-19-22(15-18-28-16-4-1-5-17-28)25-10-6-8-20-7-2-3-9-24(20)25/h2-3,6-14,22H,1,4-5,15-19H2. The molecule has 3 aromatic rings. The predicted octanol–water partition coefficient (Wildman–Crippen LogP) is 6.31. The van der Waals surface area contributed by atoms with E-state index in [2.05, 4.69) is 47.4 Å². The Kier molecular flexibility index (Phi) is 7.03. The Bertz CT molecular complexity index is 974. The van der Waals surface area contributed by atoms with E-state index in [9.17, 15) is 4.79 Å². The maximum atomic E-state index is 12.6. The van der Waals surface area contributed by atoms with E-state index in [0.29, 0.717) is 17.2 Å². The molecule has 1 saturated heterocycles. The average molecular weight is 422 g/mol. The average Bonchev–Trinajstić information content (AvgIpc) is 2.80. The van der Waals surface area contributed by atoms with E-state index in [0.717, 1.165) is 13.0 Å². The molecule has 0 radical (unpaired) electrons. The Morgan fingerprint density at radius 1 is 0.933 bits per heavy atom. The van der Waals surface area contributed by atoms with Crippen LogP contribution in [0.25, 0.3) is 10.8 Å². The number of carbonyl (C=O) groups excluding carboxylic acids is 1. The van der Waals surface area contributed by atoms with Crippen molar-refractivity contribution in [3.8, 4) is 0 Å². The number of hydrogen-bond acceptors (Lipinski definition) is 3. The van der Waals surface area contributed by atoms with Crippen molar-refractivity contribution in [3.63, 3.8) is 0 Å². The molecule has 3 aromatic carbocycles. The summed E-state index contributed by atoms with van der Waals surface area (Å²) in [6.07, 6.45) is 4.87. The highest BCUT2D eigenvalue weighted by Crippen LogP contribution is 2.29. The van der Waals surface area contributed by atoms with E-state index in [1.807, 2.05) is 0 Å². The van der Waals surface area contributed by atoms with Crippen LogP contribution in [0.15, 0.2) is 66.7 Å². The van der Waals surface area contributed by atoms with Crippen LogP contribution in [-0.2, 0) is 4.74 Å². The first-order valence-corrected chi connectivity index (χ1v) is 11.2. The van der Waals surface area contributed by atoms with E-state index in [1.54, 1.807) is 24.3 Å². The van der Waals surface area contributed by atoms with Crippen molar-refractivity contribution >= 4 is 28.3 Å². The maximum Gasteiger partial charge on any atom is 0.338 e. The van der Waals surface area contributed by atoms with Crippen molar-refractivity contribution in [1.82, 2.24) is 4.90 Å². The lowest BCUT2D eigenvalue weighted by molar-refractivity contribution is 0.0470. The molecule has 30 heavy (non-hydrogen) atoms. The normalized spacial score (nSPS) is 15.8. The third kappa shape index (κ3) is 5.21. The molecule has 0 spiro atoms. The molecular weight excluding hydrogens is 394 g/mol. The van der Waals surface area contributed by atoms with E-state index < -0.39 is 0 Å². The molecule has 1 fully saturated rings. The SMILES string of the molecule is O=C(OCC(CCN1CCCCC1)c1cccc2ccccc12)c1ccc(Cl)cc1. The first-order valence-electron chi connectivity index (χ1n) is 10.8. The lowest BCUT2D eigenvalue weighted by Gasteiger charge is -2.28. The monoisotopic (exact) mass is 421 g/mol. The van der Waals surface area contributed by atoms with Crippen LogP contribution in [0.5, 0.6) is 0 Å². The zero-order valence-electron chi connectivity index (χ0n) is 17.2. The van der Waals surface area contributed by atoms with Crippen LogP contribution in [0.4, 0.5) is 0 Å². The molecule has 1 aliphatic rings. The highest BCUT2D eigenvalue weighted by molar-refractivity contribution is 6.30. The number of likely N-dealkylation sites (tertiary alicyclic amines) is 1.